The number of carbonyl (C=O) groups excluding carboxylic acids is 1. The number of amides is 1. The van der Waals surface area contributed by atoms with Crippen molar-refractivity contribution >= 4 is 38.6 Å². The Hall–Kier alpha value is -3.12. The first-order chi connectivity index (χ1) is 14.8. The Morgan fingerprint density at radius 3 is 2.45 bits per heavy atom. The third kappa shape index (κ3) is 4.80. The van der Waals surface area contributed by atoms with Gasteiger partial charge in [-0.3, -0.25) is 4.79 Å². The summed E-state index contributed by atoms with van der Waals surface area (Å²) in [6.45, 7) is 5.59. The number of aromatic nitrogens is 1. The van der Waals surface area contributed by atoms with Gasteiger partial charge in [-0.25, -0.2) is 4.98 Å². The monoisotopic (exact) mass is 478 g/mol. The molecule has 0 aliphatic rings. The minimum Gasteiger partial charge on any atom is -0.478 e. The number of hydrogen-bond donors (Lipinski definition) is 1. The number of benzene rings is 3. The van der Waals surface area contributed by atoms with E-state index < -0.39 is 5.60 Å². The highest BCUT2D eigenvalue weighted by atomic mass is 79.9. The van der Waals surface area contributed by atoms with Crippen molar-refractivity contribution in [3.05, 3.63) is 76.8 Å². The summed E-state index contributed by atoms with van der Waals surface area (Å²) in [5.74, 6) is 0.943. The van der Waals surface area contributed by atoms with Crippen LogP contribution in [-0.4, -0.2) is 16.5 Å². The van der Waals surface area contributed by atoms with Crippen molar-refractivity contribution in [1.29, 1.82) is 0 Å². The van der Waals surface area contributed by atoms with Crippen molar-refractivity contribution < 1.29 is 13.9 Å². The van der Waals surface area contributed by atoms with Gasteiger partial charge < -0.3 is 14.5 Å². The van der Waals surface area contributed by atoms with E-state index in [9.17, 15) is 4.79 Å². The third-order valence-electron chi connectivity index (χ3n) is 4.98. The van der Waals surface area contributed by atoms with Crippen LogP contribution in [0.5, 0.6) is 5.75 Å². The fourth-order valence-electron chi connectivity index (χ4n) is 3.14. The summed E-state index contributed by atoms with van der Waals surface area (Å²) in [6, 6.07) is 20.8. The molecule has 1 heterocycles. The number of nitrogens with one attached hydrogen (secondary N) is 1. The molecule has 6 heteroatoms. The lowest BCUT2D eigenvalue weighted by Crippen LogP contribution is -2.42. The summed E-state index contributed by atoms with van der Waals surface area (Å²) in [5.41, 5.74) is 3.31. The zero-order chi connectivity index (χ0) is 22.0. The third-order valence-corrected chi connectivity index (χ3v) is 5.51. The summed E-state index contributed by atoms with van der Waals surface area (Å²) < 4.78 is 12.7. The van der Waals surface area contributed by atoms with Crippen molar-refractivity contribution in [2.45, 2.75) is 32.8 Å². The lowest BCUT2D eigenvalue weighted by molar-refractivity contribution is -0.128. The molecule has 4 aromatic rings. The Bertz CT molecular complexity index is 1210. The van der Waals surface area contributed by atoms with E-state index in [2.05, 4.69) is 33.2 Å². The average Bonchev–Trinajstić information content (AvgIpc) is 3.19. The maximum Gasteiger partial charge on any atom is 0.267 e. The fraction of sp³-hybridized carbons (Fsp3) is 0.200. The van der Waals surface area contributed by atoms with Gasteiger partial charge >= 0.3 is 0 Å². The molecule has 3 aromatic carbocycles. The van der Waals surface area contributed by atoms with Crippen LogP contribution < -0.4 is 10.1 Å². The largest absolute Gasteiger partial charge is 0.478 e. The second-order valence-corrected chi connectivity index (χ2v) is 8.69. The van der Waals surface area contributed by atoms with E-state index >= 15 is 0 Å². The molecule has 4 rings (SSSR count). The molecule has 0 saturated heterocycles. The maximum absolute atomic E-state index is 12.8. The molecule has 5 nitrogen and oxygen atoms in total. The Kier molecular flexibility index (Phi) is 5.83. The molecule has 0 saturated carbocycles. The predicted molar refractivity (Wildman–Crippen MR) is 126 cm³/mol. The number of halogens is 1. The van der Waals surface area contributed by atoms with Gasteiger partial charge in [0, 0.05) is 15.7 Å². The van der Waals surface area contributed by atoms with E-state index in [1.807, 2.05) is 66.7 Å². The quantitative estimate of drug-likeness (QED) is 0.338. The molecule has 0 aliphatic carbocycles. The van der Waals surface area contributed by atoms with Gasteiger partial charge in [-0.2, -0.15) is 0 Å². The molecule has 0 radical (unpaired) electrons. The smallest absolute Gasteiger partial charge is 0.267 e. The standard InChI is InChI=1S/C25H23BrN2O3/c1-4-16-5-14-22-21(15-16)28-23(30-22)17-6-10-19(11-7-17)27-24(29)25(2,3)31-20-12-8-18(26)9-13-20/h5-15H,4H2,1-3H3,(H,27,29). The van der Waals surface area contributed by atoms with E-state index in [0.717, 1.165) is 27.6 Å². The minimum absolute atomic E-state index is 0.239. The number of hydrogen-bond acceptors (Lipinski definition) is 4. The molecule has 1 N–H and O–H groups in total. The van der Waals surface area contributed by atoms with Gasteiger partial charge in [-0.05, 0) is 86.5 Å². The summed E-state index contributed by atoms with van der Waals surface area (Å²) in [4.78, 5) is 17.4. The number of fused-ring (bicyclic) bond motifs is 1. The highest BCUT2D eigenvalue weighted by Gasteiger charge is 2.30. The molecule has 0 aliphatic heterocycles. The van der Waals surface area contributed by atoms with Crippen LogP contribution in [0.4, 0.5) is 5.69 Å². The summed E-state index contributed by atoms with van der Waals surface area (Å²) in [5, 5.41) is 2.91. The normalized spacial score (nSPS) is 11.5. The minimum atomic E-state index is -1.04. The number of aryl methyl sites for hydroxylation is 1. The van der Waals surface area contributed by atoms with E-state index in [4.69, 9.17) is 9.15 Å². The second-order valence-electron chi connectivity index (χ2n) is 7.77. The van der Waals surface area contributed by atoms with Gasteiger partial charge in [0.05, 0.1) is 0 Å². The molecular weight excluding hydrogens is 456 g/mol. The van der Waals surface area contributed by atoms with Crippen molar-refractivity contribution in [1.82, 2.24) is 4.98 Å². The van der Waals surface area contributed by atoms with Gasteiger partial charge in [0.2, 0.25) is 5.89 Å². The number of rotatable bonds is 6. The summed E-state index contributed by atoms with van der Waals surface area (Å²) in [7, 11) is 0. The number of oxazole rings is 1. The van der Waals surface area contributed by atoms with Crippen LogP contribution in [0.2, 0.25) is 0 Å². The van der Waals surface area contributed by atoms with Crippen LogP contribution in [0.25, 0.3) is 22.6 Å². The lowest BCUT2D eigenvalue weighted by Gasteiger charge is -2.25. The Morgan fingerprint density at radius 1 is 1.06 bits per heavy atom. The van der Waals surface area contributed by atoms with E-state index in [1.165, 1.54) is 5.56 Å². The van der Waals surface area contributed by atoms with Crippen LogP contribution in [-0.2, 0) is 11.2 Å². The lowest BCUT2D eigenvalue weighted by atomic mass is 10.1. The van der Waals surface area contributed by atoms with Gasteiger partial charge in [0.15, 0.2) is 11.2 Å². The van der Waals surface area contributed by atoms with E-state index in [1.54, 1.807) is 13.8 Å². The SMILES string of the molecule is CCc1ccc2oc(-c3ccc(NC(=O)C(C)(C)Oc4ccc(Br)cc4)cc3)nc2c1. The summed E-state index contributed by atoms with van der Waals surface area (Å²) >= 11 is 3.39. The number of anilines is 1. The molecule has 0 spiro atoms. The van der Waals surface area contributed by atoms with Gasteiger partial charge in [-0.1, -0.05) is 28.9 Å². The molecule has 0 unspecified atom stereocenters. The first kappa shape index (κ1) is 21.1. The number of nitrogens with zero attached hydrogens (tertiary/aromatic N) is 1. The van der Waals surface area contributed by atoms with Gasteiger partial charge in [0.25, 0.3) is 5.91 Å². The highest BCUT2D eigenvalue weighted by Crippen LogP contribution is 2.27. The van der Waals surface area contributed by atoms with Crippen molar-refractivity contribution in [3.63, 3.8) is 0 Å². The predicted octanol–water partition coefficient (Wildman–Crippen LogP) is 6.62. The average molecular weight is 479 g/mol. The maximum atomic E-state index is 12.8. The Labute approximate surface area is 189 Å². The first-order valence-corrected chi connectivity index (χ1v) is 10.9. The van der Waals surface area contributed by atoms with Crippen LogP contribution in [0.15, 0.2) is 75.6 Å². The molecule has 158 valence electrons. The topological polar surface area (TPSA) is 64.4 Å². The summed E-state index contributed by atoms with van der Waals surface area (Å²) in [6.07, 6.45) is 0.953. The van der Waals surface area contributed by atoms with Crippen molar-refractivity contribution in [2.75, 3.05) is 5.32 Å². The van der Waals surface area contributed by atoms with Crippen molar-refractivity contribution in [2.24, 2.45) is 0 Å². The fourth-order valence-corrected chi connectivity index (χ4v) is 3.40. The number of carbonyl (C=O) groups is 1. The van der Waals surface area contributed by atoms with E-state index in [-0.39, 0.29) is 5.91 Å². The molecule has 0 atom stereocenters. The van der Waals surface area contributed by atoms with Crippen LogP contribution in [0, 0.1) is 0 Å². The molecule has 0 bridgehead atoms. The Morgan fingerprint density at radius 2 is 1.77 bits per heavy atom. The number of ether oxygens (including phenoxy) is 1. The highest BCUT2D eigenvalue weighted by molar-refractivity contribution is 9.10. The molecule has 0 fully saturated rings. The van der Waals surface area contributed by atoms with Crippen LogP contribution in [0.3, 0.4) is 0 Å². The van der Waals surface area contributed by atoms with Crippen LogP contribution >= 0.6 is 15.9 Å². The van der Waals surface area contributed by atoms with Gasteiger partial charge in [-0.15, -0.1) is 0 Å². The molecule has 31 heavy (non-hydrogen) atoms. The van der Waals surface area contributed by atoms with Gasteiger partial charge in [0.1, 0.15) is 11.3 Å². The molecule has 1 aromatic heterocycles. The zero-order valence-electron chi connectivity index (χ0n) is 17.6. The van der Waals surface area contributed by atoms with Crippen molar-refractivity contribution in [3.8, 4) is 17.2 Å². The zero-order valence-corrected chi connectivity index (χ0v) is 19.2. The van der Waals surface area contributed by atoms with E-state index in [0.29, 0.717) is 17.3 Å². The molecule has 1 amide bonds. The van der Waals surface area contributed by atoms with Crippen LogP contribution in [0.1, 0.15) is 26.3 Å². The first-order valence-electron chi connectivity index (χ1n) is 10.1. The molecular formula is C25H23BrN2O3. The second kappa shape index (κ2) is 8.55. The Balaban J connectivity index is 1.46.